The van der Waals surface area contributed by atoms with E-state index in [0.29, 0.717) is 24.6 Å². The van der Waals surface area contributed by atoms with Crippen LogP contribution in [0.1, 0.15) is 54.9 Å². The monoisotopic (exact) mass is 312 g/mol. The number of carbonyl (C=O) groups excluding carboxylic acids is 1. The Kier molecular flexibility index (Phi) is 4.53. The summed E-state index contributed by atoms with van der Waals surface area (Å²) in [7, 11) is 0. The maximum Gasteiger partial charge on any atom is 0.408 e. The normalized spacial score (nSPS) is 30.4. The Morgan fingerprint density at radius 1 is 1.27 bits per heavy atom. The molecule has 0 aromatic rings. The predicted molar refractivity (Wildman–Crippen MR) is 86.9 cm³/mol. The van der Waals surface area contributed by atoms with Crippen LogP contribution in [-0.2, 0) is 9.47 Å². The van der Waals surface area contributed by atoms with Crippen LogP contribution >= 0.6 is 0 Å². The fraction of sp³-hybridized carbons (Fsp3) is 0.941. The summed E-state index contributed by atoms with van der Waals surface area (Å²) in [5.74, 6) is 0.604. The zero-order chi connectivity index (χ0) is 16.8. The highest BCUT2D eigenvalue weighted by Crippen LogP contribution is 2.52. The van der Waals surface area contributed by atoms with E-state index >= 15 is 0 Å². The van der Waals surface area contributed by atoms with Crippen LogP contribution in [0.15, 0.2) is 0 Å². The second-order valence-electron chi connectivity index (χ2n) is 8.93. The molecule has 128 valence electrons. The highest BCUT2D eigenvalue weighted by atomic mass is 16.6. The maximum absolute atomic E-state index is 11.9. The van der Waals surface area contributed by atoms with Crippen molar-refractivity contribution in [2.45, 2.75) is 78.2 Å². The van der Waals surface area contributed by atoms with Gasteiger partial charge in [-0.15, -0.1) is 0 Å². The van der Waals surface area contributed by atoms with Gasteiger partial charge in [0, 0.05) is 30.5 Å². The molecule has 5 nitrogen and oxygen atoms in total. The third-order valence-corrected chi connectivity index (χ3v) is 4.70. The molecular formula is C17H32N2O3. The smallest absolute Gasteiger partial charge is 0.408 e. The van der Waals surface area contributed by atoms with Crippen molar-refractivity contribution < 1.29 is 14.3 Å². The number of fused-ring (bicyclic) bond motifs is 1. The molecule has 5 heteroatoms. The van der Waals surface area contributed by atoms with Crippen LogP contribution in [0.4, 0.5) is 4.79 Å². The van der Waals surface area contributed by atoms with Gasteiger partial charge in [0.15, 0.2) is 0 Å². The summed E-state index contributed by atoms with van der Waals surface area (Å²) in [4.78, 5) is 11.9. The Labute approximate surface area is 134 Å². The first-order valence-electron chi connectivity index (χ1n) is 8.28. The molecule has 22 heavy (non-hydrogen) atoms. The Morgan fingerprint density at radius 2 is 1.91 bits per heavy atom. The van der Waals surface area contributed by atoms with E-state index in [1.165, 1.54) is 0 Å². The second-order valence-corrected chi connectivity index (χ2v) is 8.93. The quantitative estimate of drug-likeness (QED) is 0.838. The molecule has 0 radical (unpaired) electrons. The van der Waals surface area contributed by atoms with Crippen molar-refractivity contribution in [3.8, 4) is 0 Å². The average molecular weight is 312 g/mol. The topological polar surface area (TPSA) is 59.6 Å². The van der Waals surface area contributed by atoms with Crippen LogP contribution in [0.5, 0.6) is 0 Å². The van der Waals surface area contributed by atoms with E-state index < -0.39 is 5.60 Å². The van der Waals surface area contributed by atoms with Gasteiger partial charge in [0.25, 0.3) is 0 Å². The molecular weight excluding hydrogens is 280 g/mol. The molecule has 2 fully saturated rings. The second kappa shape index (κ2) is 5.68. The lowest BCUT2D eigenvalue weighted by atomic mass is 9.57. The minimum atomic E-state index is -0.474. The summed E-state index contributed by atoms with van der Waals surface area (Å²) < 4.78 is 11.2. The van der Waals surface area contributed by atoms with Gasteiger partial charge in [-0.2, -0.15) is 0 Å². The number of amides is 1. The fourth-order valence-corrected chi connectivity index (χ4v) is 3.73. The van der Waals surface area contributed by atoms with Gasteiger partial charge in [0.2, 0.25) is 0 Å². The van der Waals surface area contributed by atoms with Crippen molar-refractivity contribution in [2.24, 2.45) is 11.3 Å². The van der Waals surface area contributed by atoms with Crippen LogP contribution < -0.4 is 10.6 Å². The maximum atomic E-state index is 11.9. The third-order valence-electron chi connectivity index (χ3n) is 4.70. The Hall–Kier alpha value is -0.810. The van der Waals surface area contributed by atoms with E-state index in [-0.39, 0.29) is 17.0 Å². The van der Waals surface area contributed by atoms with Gasteiger partial charge in [-0.25, -0.2) is 4.79 Å². The molecule has 2 N–H and O–H groups in total. The number of ether oxygens (including phenoxy) is 2. The Bertz CT molecular complexity index is 426. The number of nitrogens with one attached hydrogen (secondary N) is 2. The molecule has 1 aliphatic heterocycles. The van der Waals surface area contributed by atoms with Crippen molar-refractivity contribution in [2.75, 3.05) is 13.2 Å². The van der Waals surface area contributed by atoms with Gasteiger partial charge in [-0.3, -0.25) is 0 Å². The molecule has 1 saturated carbocycles. The highest BCUT2D eigenvalue weighted by molar-refractivity contribution is 5.68. The van der Waals surface area contributed by atoms with Gasteiger partial charge in [-0.05, 0) is 41.0 Å². The molecule has 0 spiro atoms. The van der Waals surface area contributed by atoms with Crippen molar-refractivity contribution in [3.63, 3.8) is 0 Å². The van der Waals surface area contributed by atoms with Gasteiger partial charge in [0.1, 0.15) is 5.60 Å². The van der Waals surface area contributed by atoms with Crippen LogP contribution in [-0.4, -0.2) is 42.5 Å². The van der Waals surface area contributed by atoms with Gasteiger partial charge in [-0.1, -0.05) is 13.8 Å². The predicted octanol–water partition coefficient (Wildman–Crippen LogP) is 2.69. The van der Waals surface area contributed by atoms with E-state index in [2.05, 4.69) is 24.5 Å². The number of rotatable bonds is 4. The molecule has 0 bridgehead atoms. The third kappa shape index (κ3) is 3.74. The van der Waals surface area contributed by atoms with E-state index in [9.17, 15) is 4.79 Å². The Morgan fingerprint density at radius 3 is 2.50 bits per heavy atom. The SMILES string of the molecule is CC(C)(CN[C@@H]1[C@@H]2CCO[C@@H]2C1(C)C)NC(=O)OC(C)(C)C. The van der Waals surface area contributed by atoms with Crippen molar-refractivity contribution in [3.05, 3.63) is 0 Å². The number of alkyl carbamates (subject to hydrolysis) is 1. The van der Waals surface area contributed by atoms with Crippen LogP contribution in [0.3, 0.4) is 0 Å². The number of hydrogen-bond acceptors (Lipinski definition) is 4. The lowest BCUT2D eigenvalue weighted by Gasteiger charge is -2.55. The van der Waals surface area contributed by atoms with Gasteiger partial charge < -0.3 is 20.1 Å². The summed E-state index contributed by atoms with van der Waals surface area (Å²) in [5.41, 5.74) is -0.676. The summed E-state index contributed by atoms with van der Waals surface area (Å²) in [6.07, 6.45) is 1.15. The first-order chi connectivity index (χ1) is 9.92. The van der Waals surface area contributed by atoms with Gasteiger partial charge in [0.05, 0.1) is 11.6 Å². The van der Waals surface area contributed by atoms with E-state index in [1.807, 2.05) is 34.6 Å². The van der Waals surface area contributed by atoms with Crippen LogP contribution in [0.2, 0.25) is 0 Å². The zero-order valence-electron chi connectivity index (χ0n) is 15.1. The molecule has 0 aromatic carbocycles. The number of hydrogen-bond donors (Lipinski definition) is 2. The fourth-order valence-electron chi connectivity index (χ4n) is 3.73. The van der Waals surface area contributed by atoms with E-state index in [4.69, 9.17) is 9.47 Å². The van der Waals surface area contributed by atoms with Crippen molar-refractivity contribution in [1.82, 2.24) is 10.6 Å². The van der Waals surface area contributed by atoms with Gasteiger partial charge >= 0.3 is 6.09 Å². The number of carbonyl (C=O) groups is 1. The summed E-state index contributed by atoms with van der Waals surface area (Å²) in [5, 5.41) is 6.59. The lowest BCUT2D eigenvalue weighted by molar-refractivity contribution is -0.113. The Balaban J connectivity index is 1.84. The highest BCUT2D eigenvalue weighted by Gasteiger charge is 2.59. The minimum absolute atomic E-state index is 0.156. The standard InChI is InChI=1S/C17H32N2O3/c1-15(2,3)22-14(20)19-16(4,5)10-18-12-11-8-9-21-13(11)17(12,6)7/h11-13,18H,8-10H2,1-7H3,(H,19,20)/t11-,12+,13-/m0/s1. The summed E-state index contributed by atoms with van der Waals surface area (Å²) >= 11 is 0. The van der Waals surface area contributed by atoms with Crippen LogP contribution in [0.25, 0.3) is 0 Å². The molecule has 2 rings (SSSR count). The molecule has 1 saturated heterocycles. The summed E-state index contributed by atoms with van der Waals surface area (Å²) in [6, 6.07) is 0.444. The average Bonchev–Trinajstić information content (AvgIpc) is 2.71. The van der Waals surface area contributed by atoms with Crippen molar-refractivity contribution >= 4 is 6.09 Å². The molecule has 2 aliphatic rings. The zero-order valence-corrected chi connectivity index (χ0v) is 15.1. The molecule has 3 atom stereocenters. The molecule has 0 unspecified atom stereocenters. The molecule has 1 aliphatic carbocycles. The van der Waals surface area contributed by atoms with E-state index in [0.717, 1.165) is 13.0 Å². The first-order valence-corrected chi connectivity index (χ1v) is 8.28. The molecule has 0 aromatic heterocycles. The van der Waals surface area contributed by atoms with E-state index in [1.54, 1.807) is 0 Å². The lowest BCUT2D eigenvalue weighted by Crippen LogP contribution is -2.68. The molecule has 1 amide bonds. The minimum Gasteiger partial charge on any atom is -0.444 e. The van der Waals surface area contributed by atoms with Crippen molar-refractivity contribution in [1.29, 1.82) is 0 Å². The van der Waals surface area contributed by atoms with Crippen LogP contribution in [0, 0.1) is 11.3 Å². The largest absolute Gasteiger partial charge is 0.444 e. The molecule has 1 heterocycles. The first kappa shape index (κ1) is 17.5. The summed E-state index contributed by atoms with van der Waals surface area (Å²) in [6.45, 7) is 15.7.